The quantitative estimate of drug-likeness (QED) is 0.867. The second-order valence-electron chi connectivity index (χ2n) is 5.82. The molecule has 5 heteroatoms. The largest absolute Gasteiger partial charge is 0.352 e. The van der Waals surface area contributed by atoms with Gasteiger partial charge in [-0.25, -0.2) is 9.37 Å². The summed E-state index contributed by atoms with van der Waals surface area (Å²) >= 11 is 0. The fraction of sp³-hybridized carbons (Fsp3) is 0.294. The molecule has 1 unspecified atom stereocenters. The van der Waals surface area contributed by atoms with Crippen molar-refractivity contribution in [3.05, 3.63) is 53.4 Å². The maximum Gasteiger partial charge on any atom is 0.247 e. The third kappa shape index (κ3) is 2.93. The zero-order chi connectivity index (χ0) is 15.7. The van der Waals surface area contributed by atoms with Crippen molar-refractivity contribution in [2.24, 2.45) is 5.92 Å². The van der Waals surface area contributed by atoms with E-state index in [4.69, 9.17) is 0 Å². The molecule has 4 nitrogen and oxygen atoms in total. The second-order valence-corrected chi connectivity index (χ2v) is 5.82. The van der Waals surface area contributed by atoms with Crippen molar-refractivity contribution in [1.29, 1.82) is 0 Å². The van der Waals surface area contributed by atoms with Crippen LogP contribution in [0.2, 0.25) is 0 Å². The van der Waals surface area contributed by atoms with Gasteiger partial charge in [0.15, 0.2) is 0 Å². The van der Waals surface area contributed by atoms with Gasteiger partial charge < -0.3 is 9.88 Å². The van der Waals surface area contributed by atoms with E-state index in [1.165, 1.54) is 6.07 Å². The molecule has 1 aromatic carbocycles. The monoisotopic (exact) mass is 299 g/mol. The number of nitrogens with one attached hydrogen (secondary N) is 1. The molecule has 1 amide bonds. The summed E-state index contributed by atoms with van der Waals surface area (Å²) < 4.78 is 15.9. The van der Waals surface area contributed by atoms with Gasteiger partial charge >= 0.3 is 0 Å². The maximum atomic E-state index is 14.3. The highest BCUT2D eigenvalue weighted by Gasteiger charge is 2.19. The molecule has 1 aliphatic rings. The van der Waals surface area contributed by atoms with Crippen molar-refractivity contribution in [2.45, 2.75) is 20.3 Å². The maximum absolute atomic E-state index is 14.3. The molecule has 1 saturated heterocycles. The van der Waals surface area contributed by atoms with E-state index in [2.05, 4.69) is 17.2 Å². The molecular weight excluding hydrogens is 281 g/mol. The number of aryl methyl sites for hydroxylation is 1. The first-order valence-corrected chi connectivity index (χ1v) is 7.32. The summed E-state index contributed by atoms with van der Waals surface area (Å²) in [6.45, 7) is 4.64. The Balaban J connectivity index is 1.90. The number of hydrogen-bond acceptors (Lipinski definition) is 2. The standard InChI is InChI=1S/C17H18FN3O/c1-11-5-14(17(22)19-8-11)6-13-3-4-16(15(18)7-13)21-9-12(2)20-10-21/h3-4,6-7,9-11H,5,8H2,1-2H3,(H,19,22). The fourth-order valence-corrected chi connectivity index (χ4v) is 2.62. The lowest BCUT2D eigenvalue weighted by Gasteiger charge is -2.21. The predicted molar refractivity (Wildman–Crippen MR) is 83.0 cm³/mol. The Kier molecular flexibility index (Phi) is 3.79. The smallest absolute Gasteiger partial charge is 0.247 e. The number of rotatable bonds is 2. The molecule has 0 saturated carbocycles. The van der Waals surface area contributed by atoms with E-state index in [1.807, 2.05) is 13.0 Å². The van der Waals surface area contributed by atoms with Crippen LogP contribution in [0.5, 0.6) is 0 Å². The first kappa shape index (κ1) is 14.5. The highest BCUT2D eigenvalue weighted by Crippen LogP contribution is 2.21. The summed E-state index contributed by atoms with van der Waals surface area (Å²) in [4.78, 5) is 15.9. The van der Waals surface area contributed by atoms with Gasteiger partial charge in [-0.15, -0.1) is 0 Å². The molecule has 0 bridgehead atoms. The van der Waals surface area contributed by atoms with E-state index in [1.54, 1.807) is 29.2 Å². The topological polar surface area (TPSA) is 46.9 Å². The van der Waals surface area contributed by atoms with Crippen LogP contribution in [0.25, 0.3) is 11.8 Å². The Morgan fingerprint density at radius 2 is 2.27 bits per heavy atom. The molecule has 1 N–H and O–H groups in total. The first-order valence-electron chi connectivity index (χ1n) is 7.32. The van der Waals surface area contributed by atoms with Crippen molar-refractivity contribution < 1.29 is 9.18 Å². The number of piperidine rings is 1. The van der Waals surface area contributed by atoms with Crippen molar-refractivity contribution in [2.75, 3.05) is 6.54 Å². The molecule has 22 heavy (non-hydrogen) atoms. The van der Waals surface area contributed by atoms with Crippen LogP contribution in [0.1, 0.15) is 24.6 Å². The minimum absolute atomic E-state index is 0.0622. The van der Waals surface area contributed by atoms with Gasteiger partial charge in [0.05, 0.1) is 17.7 Å². The number of nitrogens with zero attached hydrogens (tertiary/aromatic N) is 2. The molecular formula is C17H18FN3O. The molecule has 3 rings (SSSR count). The van der Waals surface area contributed by atoms with Crippen molar-refractivity contribution in [3.63, 3.8) is 0 Å². The average Bonchev–Trinajstić information content (AvgIpc) is 2.89. The molecule has 0 radical (unpaired) electrons. The van der Waals surface area contributed by atoms with Crippen molar-refractivity contribution >= 4 is 12.0 Å². The first-order chi connectivity index (χ1) is 10.5. The highest BCUT2D eigenvalue weighted by atomic mass is 19.1. The number of halogens is 1. The molecule has 1 atom stereocenters. The van der Waals surface area contributed by atoms with Crippen LogP contribution < -0.4 is 5.32 Å². The van der Waals surface area contributed by atoms with Gasteiger partial charge in [-0.05, 0) is 43.0 Å². The number of benzene rings is 1. The van der Waals surface area contributed by atoms with Gasteiger partial charge in [-0.2, -0.15) is 0 Å². The van der Waals surface area contributed by atoms with Gasteiger partial charge in [-0.1, -0.05) is 13.0 Å². The van der Waals surface area contributed by atoms with Gasteiger partial charge in [0.25, 0.3) is 0 Å². The number of carbonyl (C=O) groups excluding carboxylic acids is 1. The third-order valence-corrected chi connectivity index (χ3v) is 3.77. The molecule has 1 fully saturated rings. The Morgan fingerprint density at radius 1 is 1.45 bits per heavy atom. The van der Waals surface area contributed by atoms with E-state index in [9.17, 15) is 9.18 Å². The summed E-state index contributed by atoms with van der Waals surface area (Å²) in [5, 5.41) is 2.84. The van der Waals surface area contributed by atoms with Crippen LogP contribution in [0.4, 0.5) is 4.39 Å². The third-order valence-electron chi connectivity index (χ3n) is 3.77. The summed E-state index contributed by atoms with van der Waals surface area (Å²) in [5.74, 6) is 0.00540. The zero-order valence-electron chi connectivity index (χ0n) is 12.6. The van der Waals surface area contributed by atoms with Crippen LogP contribution >= 0.6 is 0 Å². The van der Waals surface area contributed by atoms with E-state index >= 15 is 0 Å². The Morgan fingerprint density at radius 3 is 2.95 bits per heavy atom. The summed E-state index contributed by atoms with van der Waals surface area (Å²) in [5.41, 5.74) is 2.67. The molecule has 2 aromatic rings. The molecule has 0 spiro atoms. The van der Waals surface area contributed by atoms with Gasteiger partial charge in [0, 0.05) is 18.3 Å². The summed E-state index contributed by atoms with van der Waals surface area (Å²) in [6, 6.07) is 4.96. The molecule has 2 heterocycles. The van der Waals surface area contributed by atoms with E-state index < -0.39 is 0 Å². The van der Waals surface area contributed by atoms with E-state index in [0.717, 1.165) is 12.1 Å². The van der Waals surface area contributed by atoms with Crippen LogP contribution in [-0.4, -0.2) is 22.0 Å². The lowest BCUT2D eigenvalue weighted by atomic mass is 9.95. The lowest BCUT2D eigenvalue weighted by Crippen LogP contribution is -2.35. The van der Waals surface area contributed by atoms with Gasteiger partial charge in [0.2, 0.25) is 5.91 Å². The number of aromatic nitrogens is 2. The van der Waals surface area contributed by atoms with Gasteiger partial charge in [0.1, 0.15) is 5.82 Å². The minimum Gasteiger partial charge on any atom is -0.352 e. The Bertz CT molecular complexity index is 748. The Hall–Kier alpha value is -2.43. The summed E-state index contributed by atoms with van der Waals surface area (Å²) in [6.07, 6.45) is 5.84. The highest BCUT2D eigenvalue weighted by molar-refractivity contribution is 5.98. The van der Waals surface area contributed by atoms with Crippen LogP contribution in [0.15, 0.2) is 36.3 Å². The minimum atomic E-state index is -0.337. The van der Waals surface area contributed by atoms with E-state index in [-0.39, 0.29) is 11.7 Å². The van der Waals surface area contributed by atoms with Crippen molar-refractivity contribution in [1.82, 2.24) is 14.9 Å². The SMILES string of the molecule is Cc1cn(-c2ccc(C=C3CC(C)CNC3=O)cc2F)cn1. The van der Waals surface area contributed by atoms with Gasteiger partial charge in [-0.3, -0.25) is 4.79 Å². The number of hydrogen-bond donors (Lipinski definition) is 1. The fourth-order valence-electron chi connectivity index (χ4n) is 2.62. The summed E-state index contributed by atoms with van der Waals surface area (Å²) in [7, 11) is 0. The van der Waals surface area contributed by atoms with Crippen molar-refractivity contribution in [3.8, 4) is 5.69 Å². The molecule has 0 aliphatic carbocycles. The average molecular weight is 299 g/mol. The van der Waals surface area contributed by atoms with Crippen LogP contribution in [0.3, 0.4) is 0 Å². The predicted octanol–water partition coefficient (Wildman–Crippen LogP) is 2.86. The molecule has 1 aromatic heterocycles. The molecule has 114 valence electrons. The van der Waals surface area contributed by atoms with Crippen LogP contribution in [0, 0.1) is 18.7 Å². The number of carbonyl (C=O) groups is 1. The second kappa shape index (κ2) is 5.75. The molecule has 1 aliphatic heterocycles. The van der Waals surface area contributed by atoms with Crippen LogP contribution in [-0.2, 0) is 4.79 Å². The lowest BCUT2D eigenvalue weighted by molar-refractivity contribution is -0.118. The Labute approximate surface area is 128 Å². The number of amides is 1. The zero-order valence-corrected chi connectivity index (χ0v) is 12.6. The van der Waals surface area contributed by atoms with E-state index in [0.29, 0.717) is 29.3 Å². The normalized spacial score (nSPS) is 20.2. The number of imidazole rings is 1.